The molecule has 1 aromatic rings. The molecular weight excluding hydrogens is 396 g/mol. The van der Waals surface area contributed by atoms with Gasteiger partial charge in [-0.05, 0) is 45.1 Å². The Morgan fingerprint density at radius 2 is 1.71 bits per heavy atom. The Balaban J connectivity index is 2.06. The van der Waals surface area contributed by atoms with Gasteiger partial charge < -0.3 is 19.7 Å². The average Bonchev–Trinajstić information content (AvgIpc) is 3.22. The van der Waals surface area contributed by atoms with E-state index in [-0.39, 0.29) is 31.0 Å². The molecule has 0 spiro atoms. The lowest BCUT2D eigenvalue weighted by molar-refractivity contribution is -0.160. The molecule has 2 rings (SSSR count). The Kier molecular flexibility index (Phi) is 8.89. The second-order valence-corrected chi connectivity index (χ2v) is 9.42. The molecule has 0 aromatic heterocycles. The van der Waals surface area contributed by atoms with Crippen molar-refractivity contribution in [1.29, 1.82) is 0 Å². The fourth-order valence-corrected chi connectivity index (χ4v) is 3.70. The predicted molar refractivity (Wildman–Crippen MR) is 118 cm³/mol. The molecule has 0 unspecified atom stereocenters. The standard InChI is InChI=1S/C24H36N2O5/c1-17(2)21(25-23(29)30-16-18-11-7-6-8-12-18)22(28)26(19-13-9-10-14-19)15-20(27)31-24(3,4)5/h6-8,11-12,17,19,21H,9-10,13-16H2,1-5H3,(H,25,29)/t21-/m0/s1. The monoisotopic (exact) mass is 432 g/mol. The summed E-state index contributed by atoms with van der Waals surface area (Å²) >= 11 is 0. The molecule has 0 aliphatic heterocycles. The molecule has 0 radical (unpaired) electrons. The number of nitrogens with one attached hydrogen (secondary N) is 1. The maximum Gasteiger partial charge on any atom is 0.408 e. The molecule has 0 bridgehead atoms. The highest BCUT2D eigenvalue weighted by atomic mass is 16.6. The zero-order valence-corrected chi connectivity index (χ0v) is 19.3. The van der Waals surface area contributed by atoms with Crippen LogP contribution in [0.5, 0.6) is 0 Å². The molecule has 0 heterocycles. The number of alkyl carbamates (subject to hydrolysis) is 1. The predicted octanol–water partition coefficient (Wildman–Crippen LogP) is 4.05. The van der Waals surface area contributed by atoms with E-state index in [4.69, 9.17) is 9.47 Å². The van der Waals surface area contributed by atoms with Crippen LogP contribution < -0.4 is 5.32 Å². The SMILES string of the molecule is CC(C)[C@H](NC(=O)OCc1ccccc1)C(=O)N(CC(=O)OC(C)(C)C)C1CCCC1. The van der Waals surface area contributed by atoms with Gasteiger partial charge in [0.05, 0.1) is 0 Å². The molecule has 2 amide bonds. The van der Waals surface area contributed by atoms with E-state index in [9.17, 15) is 14.4 Å². The summed E-state index contributed by atoms with van der Waals surface area (Å²) in [5, 5.41) is 2.71. The molecular formula is C24H36N2O5. The molecule has 1 saturated carbocycles. The second kappa shape index (κ2) is 11.2. The number of amides is 2. The molecule has 1 fully saturated rings. The fourth-order valence-electron chi connectivity index (χ4n) is 3.70. The number of carbonyl (C=O) groups is 3. The molecule has 1 aliphatic rings. The number of hydrogen-bond acceptors (Lipinski definition) is 5. The van der Waals surface area contributed by atoms with E-state index >= 15 is 0 Å². The van der Waals surface area contributed by atoms with Crippen LogP contribution in [0.3, 0.4) is 0 Å². The van der Waals surface area contributed by atoms with Crippen LogP contribution in [0.2, 0.25) is 0 Å². The van der Waals surface area contributed by atoms with Crippen molar-refractivity contribution in [2.75, 3.05) is 6.54 Å². The fraction of sp³-hybridized carbons (Fsp3) is 0.625. The maximum atomic E-state index is 13.4. The lowest BCUT2D eigenvalue weighted by Gasteiger charge is -2.34. The van der Waals surface area contributed by atoms with Crippen molar-refractivity contribution in [1.82, 2.24) is 10.2 Å². The van der Waals surface area contributed by atoms with Gasteiger partial charge in [0, 0.05) is 6.04 Å². The van der Waals surface area contributed by atoms with Crippen LogP contribution in [0.15, 0.2) is 30.3 Å². The average molecular weight is 433 g/mol. The Bertz CT molecular complexity index is 736. The molecule has 7 heteroatoms. The van der Waals surface area contributed by atoms with Gasteiger partial charge in [-0.2, -0.15) is 0 Å². The summed E-state index contributed by atoms with van der Waals surface area (Å²) in [4.78, 5) is 39.9. The molecule has 1 atom stereocenters. The van der Waals surface area contributed by atoms with Gasteiger partial charge in [-0.25, -0.2) is 4.79 Å². The van der Waals surface area contributed by atoms with Crippen LogP contribution in [0.1, 0.15) is 65.9 Å². The lowest BCUT2D eigenvalue weighted by atomic mass is 10.0. The van der Waals surface area contributed by atoms with Gasteiger partial charge in [-0.15, -0.1) is 0 Å². The van der Waals surface area contributed by atoms with Crippen molar-refractivity contribution in [3.8, 4) is 0 Å². The minimum atomic E-state index is -0.786. The Morgan fingerprint density at radius 1 is 1.10 bits per heavy atom. The van der Waals surface area contributed by atoms with E-state index < -0.39 is 23.7 Å². The number of rotatable bonds is 8. The number of esters is 1. The third-order valence-electron chi connectivity index (χ3n) is 5.19. The van der Waals surface area contributed by atoms with Crippen molar-refractivity contribution in [2.24, 2.45) is 5.92 Å². The topological polar surface area (TPSA) is 84.9 Å². The third-order valence-corrected chi connectivity index (χ3v) is 5.19. The smallest absolute Gasteiger partial charge is 0.408 e. The quantitative estimate of drug-likeness (QED) is 0.627. The second-order valence-electron chi connectivity index (χ2n) is 9.42. The number of benzene rings is 1. The molecule has 172 valence electrons. The van der Waals surface area contributed by atoms with E-state index in [0.29, 0.717) is 0 Å². The van der Waals surface area contributed by atoms with Crippen LogP contribution in [0, 0.1) is 5.92 Å². The van der Waals surface area contributed by atoms with Gasteiger partial charge in [0.25, 0.3) is 0 Å². The summed E-state index contributed by atoms with van der Waals surface area (Å²) in [5.41, 5.74) is 0.237. The molecule has 1 N–H and O–H groups in total. The van der Waals surface area contributed by atoms with Gasteiger partial charge in [-0.1, -0.05) is 57.0 Å². The first kappa shape index (κ1) is 24.7. The number of nitrogens with zero attached hydrogens (tertiary/aromatic N) is 1. The van der Waals surface area contributed by atoms with Crippen molar-refractivity contribution < 1.29 is 23.9 Å². The normalized spacial score (nSPS) is 15.4. The van der Waals surface area contributed by atoms with Gasteiger partial charge in [-0.3, -0.25) is 9.59 Å². The first-order valence-corrected chi connectivity index (χ1v) is 11.1. The highest BCUT2D eigenvalue weighted by molar-refractivity contribution is 5.89. The molecule has 7 nitrogen and oxygen atoms in total. The summed E-state index contributed by atoms with van der Waals surface area (Å²) < 4.78 is 10.7. The van der Waals surface area contributed by atoms with E-state index in [1.165, 1.54) is 0 Å². The molecule has 1 aliphatic carbocycles. The van der Waals surface area contributed by atoms with Crippen LogP contribution in [0.25, 0.3) is 0 Å². The summed E-state index contributed by atoms with van der Waals surface area (Å²) in [7, 11) is 0. The van der Waals surface area contributed by atoms with Crippen LogP contribution in [0.4, 0.5) is 4.79 Å². The molecule has 1 aromatic carbocycles. The van der Waals surface area contributed by atoms with Crippen molar-refractivity contribution in [3.05, 3.63) is 35.9 Å². The highest BCUT2D eigenvalue weighted by Gasteiger charge is 2.36. The minimum absolute atomic E-state index is 0.0246. The van der Waals surface area contributed by atoms with E-state index in [1.54, 1.807) is 25.7 Å². The van der Waals surface area contributed by atoms with Gasteiger partial charge in [0.2, 0.25) is 5.91 Å². The summed E-state index contributed by atoms with van der Waals surface area (Å²) in [6.07, 6.45) is 3.07. The van der Waals surface area contributed by atoms with Gasteiger partial charge in [0.15, 0.2) is 0 Å². The number of hydrogen-bond donors (Lipinski definition) is 1. The third kappa shape index (κ3) is 8.23. The Labute approximate surface area is 185 Å². The lowest BCUT2D eigenvalue weighted by Crippen LogP contribution is -2.55. The number of ether oxygens (including phenoxy) is 2. The molecule has 31 heavy (non-hydrogen) atoms. The Morgan fingerprint density at radius 3 is 2.26 bits per heavy atom. The maximum absolute atomic E-state index is 13.4. The largest absolute Gasteiger partial charge is 0.459 e. The van der Waals surface area contributed by atoms with E-state index in [2.05, 4.69) is 5.32 Å². The Hall–Kier alpha value is -2.57. The zero-order valence-electron chi connectivity index (χ0n) is 19.3. The van der Waals surface area contributed by atoms with Crippen molar-refractivity contribution in [3.63, 3.8) is 0 Å². The van der Waals surface area contributed by atoms with Gasteiger partial charge in [0.1, 0.15) is 24.8 Å². The summed E-state index contributed by atoms with van der Waals surface area (Å²) in [6, 6.07) is 8.54. The van der Waals surface area contributed by atoms with Crippen LogP contribution in [-0.4, -0.2) is 47.1 Å². The van der Waals surface area contributed by atoms with Crippen LogP contribution in [-0.2, 0) is 25.7 Å². The molecule has 0 saturated heterocycles. The van der Waals surface area contributed by atoms with E-state index in [0.717, 1.165) is 31.2 Å². The minimum Gasteiger partial charge on any atom is -0.459 e. The zero-order chi connectivity index (χ0) is 23.0. The van der Waals surface area contributed by atoms with Crippen molar-refractivity contribution in [2.45, 2.75) is 84.6 Å². The number of carbonyl (C=O) groups excluding carboxylic acids is 3. The van der Waals surface area contributed by atoms with Crippen LogP contribution >= 0.6 is 0 Å². The summed E-state index contributed by atoms with van der Waals surface area (Å²) in [6.45, 7) is 9.12. The first-order chi connectivity index (χ1) is 14.6. The highest BCUT2D eigenvalue weighted by Crippen LogP contribution is 2.25. The van der Waals surface area contributed by atoms with Gasteiger partial charge >= 0.3 is 12.1 Å². The van der Waals surface area contributed by atoms with E-state index in [1.807, 2.05) is 44.2 Å². The van der Waals surface area contributed by atoms with Crippen molar-refractivity contribution >= 4 is 18.0 Å². The first-order valence-electron chi connectivity index (χ1n) is 11.1. The summed E-state index contributed by atoms with van der Waals surface area (Å²) in [5.74, 6) is -0.884.